The third kappa shape index (κ3) is 3.64. The molecule has 1 saturated carbocycles. The molecule has 0 atom stereocenters. The number of ether oxygens (including phenoxy) is 2. The van der Waals surface area contributed by atoms with Gasteiger partial charge in [-0.15, -0.1) is 5.10 Å². The minimum absolute atomic E-state index is 0.0216. The van der Waals surface area contributed by atoms with E-state index >= 15 is 0 Å². The van der Waals surface area contributed by atoms with Crippen LogP contribution in [0.15, 0.2) is 30.3 Å². The molecule has 1 fully saturated rings. The van der Waals surface area contributed by atoms with Gasteiger partial charge in [-0.2, -0.15) is 8.78 Å². The van der Waals surface area contributed by atoms with Crippen molar-refractivity contribution in [3.05, 3.63) is 35.8 Å². The van der Waals surface area contributed by atoms with Crippen LogP contribution < -0.4 is 15.0 Å². The first-order valence-electron chi connectivity index (χ1n) is 7.63. The first-order valence-corrected chi connectivity index (χ1v) is 7.63. The standard InChI is InChI=1S/C16H17F2N3O3/c17-16(18)24-13-7-5-10(12-6-8-15(19)21(22)20-12)9-14(13)23-11-3-1-2-4-11/h5-9,11,16,19,22H,1-4H2. The summed E-state index contributed by atoms with van der Waals surface area (Å²) in [6, 6.07) is 7.43. The molecule has 1 aliphatic rings. The number of nitrogens with zero attached hydrogens (tertiary/aromatic N) is 2. The van der Waals surface area contributed by atoms with Gasteiger partial charge in [0, 0.05) is 5.56 Å². The summed E-state index contributed by atoms with van der Waals surface area (Å²) in [4.78, 5) is 0.441. The molecule has 6 nitrogen and oxygen atoms in total. The van der Waals surface area contributed by atoms with Gasteiger partial charge in [0.1, 0.15) is 0 Å². The number of benzene rings is 1. The van der Waals surface area contributed by atoms with Crippen LogP contribution in [0.1, 0.15) is 25.7 Å². The van der Waals surface area contributed by atoms with Gasteiger partial charge in [-0.05, 0) is 56.0 Å². The Bertz CT molecular complexity index is 773. The molecule has 1 heterocycles. The van der Waals surface area contributed by atoms with Crippen LogP contribution in [0, 0.1) is 5.41 Å². The van der Waals surface area contributed by atoms with Crippen LogP contribution in [0.5, 0.6) is 11.5 Å². The Hall–Kier alpha value is -2.64. The van der Waals surface area contributed by atoms with Crippen molar-refractivity contribution in [1.29, 1.82) is 5.41 Å². The third-order valence-corrected chi connectivity index (χ3v) is 3.87. The number of halogens is 2. The van der Waals surface area contributed by atoms with Crippen LogP contribution in [-0.2, 0) is 0 Å². The van der Waals surface area contributed by atoms with Crippen molar-refractivity contribution in [2.45, 2.75) is 38.4 Å². The van der Waals surface area contributed by atoms with Gasteiger partial charge in [-0.1, -0.05) is 4.85 Å². The van der Waals surface area contributed by atoms with Crippen LogP contribution in [0.3, 0.4) is 0 Å². The average molecular weight is 337 g/mol. The lowest BCUT2D eigenvalue weighted by molar-refractivity contribution is -0.0520. The molecule has 0 saturated heterocycles. The van der Waals surface area contributed by atoms with E-state index in [2.05, 4.69) is 9.84 Å². The van der Waals surface area contributed by atoms with Crippen molar-refractivity contribution in [2.24, 2.45) is 0 Å². The van der Waals surface area contributed by atoms with Crippen LogP contribution in [0.2, 0.25) is 0 Å². The lowest BCUT2D eigenvalue weighted by Gasteiger charge is -2.17. The molecule has 1 aromatic heterocycles. The fourth-order valence-electron chi connectivity index (χ4n) is 2.71. The molecule has 128 valence electrons. The minimum atomic E-state index is -2.94. The molecule has 3 rings (SSSR count). The Morgan fingerprint density at radius 2 is 1.92 bits per heavy atom. The summed E-state index contributed by atoms with van der Waals surface area (Å²) in [6.45, 7) is -2.94. The van der Waals surface area contributed by atoms with Gasteiger partial charge in [-0.25, -0.2) is 0 Å². The normalized spacial score (nSPS) is 15.0. The number of hydrogen-bond donors (Lipinski definition) is 2. The maximum Gasteiger partial charge on any atom is 0.387 e. The smallest absolute Gasteiger partial charge is 0.387 e. The maximum absolute atomic E-state index is 12.6. The SMILES string of the molecule is N=c1ccc(-c2ccc(OC(F)F)c(OC3CCCC3)c2)nn1O. The summed E-state index contributed by atoms with van der Waals surface area (Å²) < 4.78 is 35.5. The monoisotopic (exact) mass is 337 g/mol. The molecular formula is C16H17F2N3O3. The topological polar surface area (TPSA) is 80.4 Å². The highest BCUT2D eigenvalue weighted by Crippen LogP contribution is 2.35. The summed E-state index contributed by atoms with van der Waals surface area (Å²) >= 11 is 0. The van der Waals surface area contributed by atoms with E-state index in [-0.39, 0.29) is 23.1 Å². The second-order valence-corrected chi connectivity index (χ2v) is 5.56. The molecule has 0 radical (unpaired) electrons. The number of hydrogen-bond acceptors (Lipinski definition) is 5. The van der Waals surface area contributed by atoms with E-state index in [9.17, 15) is 14.0 Å². The summed E-state index contributed by atoms with van der Waals surface area (Å²) in [6.07, 6.45) is 3.83. The third-order valence-electron chi connectivity index (χ3n) is 3.87. The van der Waals surface area contributed by atoms with E-state index < -0.39 is 6.61 Å². The molecule has 8 heteroatoms. The average Bonchev–Trinajstić information content (AvgIpc) is 3.04. The van der Waals surface area contributed by atoms with Crippen LogP contribution in [0.25, 0.3) is 11.3 Å². The van der Waals surface area contributed by atoms with Crippen molar-refractivity contribution in [2.75, 3.05) is 0 Å². The summed E-state index contributed by atoms with van der Waals surface area (Å²) in [5.41, 5.74) is 0.777. The second kappa shape index (κ2) is 6.86. The lowest BCUT2D eigenvalue weighted by Crippen LogP contribution is -2.19. The highest BCUT2D eigenvalue weighted by Gasteiger charge is 2.20. The van der Waals surface area contributed by atoms with E-state index in [1.54, 1.807) is 18.2 Å². The summed E-state index contributed by atoms with van der Waals surface area (Å²) in [5.74, 6) is 0.190. The Labute approximate surface area is 136 Å². The summed E-state index contributed by atoms with van der Waals surface area (Å²) in [5, 5.41) is 20.7. The zero-order valence-electron chi connectivity index (χ0n) is 12.8. The second-order valence-electron chi connectivity index (χ2n) is 5.56. The van der Waals surface area contributed by atoms with Gasteiger partial charge < -0.3 is 14.7 Å². The summed E-state index contributed by atoms with van der Waals surface area (Å²) in [7, 11) is 0. The van der Waals surface area contributed by atoms with E-state index in [0.717, 1.165) is 25.7 Å². The highest BCUT2D eigenvalue weighted by atomic mass is 19.3. The van der Waals surface area contributed by atoms with Gasteiger partial charge >= 0.3 is 6.61 Å². The quantitative estimate of drug-likeness (QED) is 0.821. The molecule has 0 spiro atoms. The molecule has 24 heavy (non-hydrogen) atoms. The zero-order valence-corrected chi connectivity index (χ0v) is 12.8. The molecule has 0 unspecified atom stereocenters. The Balaban J connectivity index is 1.95. The van der Waals surface area contributed by atoms with E-state index in [1.807, 2.05) is 0 Å². The largest absolute Gasteiger partial charge is 0.487 e. The van der Waals surface area contributed by atoms with Crippen LogP contribution in [-0.4, -0.2) is 27.9 Å². The highest BCUT2D eigenvalue weighted by molar-refractivity contribution is 5.63. The number of rotatable bonds is 5. The lowest BCUT2D eigenvalue weighted by atomic mass is 10.1. The van der Waals surface area contributed by atoms with Gasteiger partial charge in [0.15, 0.2) is 17.0 Å². The van der Waals surface area contributed by atoms with Gasteiger partial charge in [0.2, 0.25) is 0 Å². The first kappa shape index (κ1) is 16.2. The molecule has 0 aliphatic heterocycles. The van der Waals surface area contributed by atoms with Gasteiger partial charge in [0.05, 0.1) is 11.8 Å². The molecular weight excluding hydrogens is 320 g/mol. The van der Waals surface area contributed by atoms with Crippen molar-refractivity contribution in [3.8, 4) is 22.8 Å². The molecule has 0 amide bonds. The van der Waals surface area contributed by atoms with Gasteiger partial charge in [0.25, 0.3) is 0 Å². The molecule has 2 aromatic rings. The van der Waals surface area contributed by atoms with Gasteiger partial charge in [-0.3, -0.25) is 5.41 Å². The Morgan fingerprint density at radius 1 is 1.17 bits per heavy atom. The zero-order chi connectivity index (χ0) is 17.1. The predicted octanol–water partition coefficient (Wildman–Crippen LogP) is 3.19. The van der Waals surface area contributed by atoms with Crippen molar-refractivity contribution in [3.63, 3.8) is 0 Å². The van der Waals surface area contributed by atoms with E-state index in [0.29, 0.717) is 16.1 Å². The van der Waals surface area contributed by atoms with E-state index in [1.165, 1.54) is 12.1 Å². The van der Waals surface area contributed by atoms with Crippen molar-refractivity contribution in [1.82, 2.24) is 9.94 Å². The van der Waals surface area contributed by atoms with Crippen molar-refractivity contribution < 1.29 is 23.5 Å². The van der Waals surface area contributed by atoms with Crippen LogP contribution in [0.4, 0.5) is 8.78 Å². The van der Waals surface area contributed by atoms with E-state index in [4.69, 9.17) is 10.1 Å². The Kier molecular flexibility index (Phi) is 4.64. The van der Waals surface area contributed by atoms with Crippen molar-refractivity contribution >= 4 is 0 Å². The number of aromatic nitrogens is 2. The molecule has 1 aromatic carbocycles. The minimum Gasteiger partial charge on any atom is -0.487 e. The molecule has 1 aliphatic carbocycles. The fraction of sp³-hybridized carbons (Fsp3) is 0.375. The Morgan fingerprint density at radius 3 is 2.58 bits per heavy atom. The molecule has 2 N–H and O–H groups in total. The molecule has 0 bridgehead atoms. The number of nitrogens with one attached hydrogen (secondary N) is 1. The fourth-order valence-corrected chi connectivity index (χ4v) is 2.71. The maximum atomic E-state index is 12.6. The number of alkyl halides is 2. The first-order chi connectivity index (χ1) is 11.5. The predicted molar refractivity (Wildman–Crippen MR) is 80.2 cm³/mol. The van der Waals surface area contributed by atoms with Crippen LogP contribution >= 0.6 is 0 Å².